The summed E-state index contributed by atoms with van der Waals surface area (Å²) in [6.45, 7) is 3.83. The van der Waals surface area contributed by atoms with Crippen LogP contribution < -0.4 is 5.32 Å². The third-order valence-electron chi connectivity index (χ3n) is 2.46. The largest absolute Gasteiger partial charge is 0.466 e. The topological polar surface area (TPSA) is 58.6 Å². The number of ether oxygens (including phenoxy) is 1. The lowest BCUT2D eigenvalue weighted by molar-refractivity contribution is -0.143. The second-order valence-corrected chi connectivity index (χ2v) is 3.75. The van der Waals surface area contributed by atoms with Gasteiger partial charge in [-0.05, 0) is 32.2 Å². The normalized spacial score (nSPS) is 25.6. The van der Waals surface area contributed by atoms with Gasteiger partial charge in [-0.1, -0.05) is 0 Å². The smallest absolute Gasteiger partial charge is 0.307 e. The first-order chi connectivity index (χ1) is 6.72. The molecule has 0 aromatic rings. The molecule has 4 nitrogen and oxygen atoms in total. The van der Waals surface area contributed by atoms with Crippen LogP contribution in [0.4, 0.5) is 0 Å². The van der Waals surface area contributed by atoms with Crippen molar-refractivity contribution in [2.24, 2.45) is 5.92 Å². The molecule has 2 N–H and O–H groups in total. The molecule has 0 aliphatic heterocycles. The van der Waals surface area contributed by atoms with E-state index in [0.29, 0.717) is 25.5 Å². The van der Waals surface area contributed by atoms with Crippen molar-refractivity contribution < 1.29 is 14.6 Å². The summed E-state index contributed by atoms with van der Waals surface area (Å²) in [5.74, 6) is 0.445. The SMILES string of the molecule is CCOC(=O)CCNCC1CC(O)C1. The zero-order valence-electron chi connectivity index (χ0n) is 8.66. The van der Waals surface area contributed by atoms with Crippen molar-refractivity contribution >= 4 is 5.97 Å². The van der Waals surface area contributed by atoms with Crippen molar-refractivity contribution in [3.05, 3.63) is 0 Å². The molecular formula is C10H19NO3. The minimum Gasteiger partial charge on any atom is -0.466 e. The average molecular weight is 201 g/mol. The Kier molecular flexibility index (Phi) is 4.90. The molecule has 0 aromatic heterocycles. The number of esters is 1. The molecular weight excluding hydrogens is 182 g/mol. The van der Waals surface area contributed by atoms with E-state index in [9.17, 15) is 4.79 Å². The fourth-order valence-electron chi connectivity index (χ4n) is 1.60. The summed E-state index contributed by atoms with van der Waals surface area (Å²) in [7, 11) is 0. The lowest BCUT2D eigenvalue weighted by atomic mass is 9.82. The number of aliphatic hydroxyl groups excluding tert-OH is 1. The highest BCUT2D eigenvalue weighted by atomic mass is 16.5. The van der Waals surface area contributed by atoms with Crippen molar-refractivity contribution in [2.45, 2.75) is 32.3 Å². The lowest BCUT2D eigenvalue weighted by Gasteiger charge is -2.31. The first-order valence-electron chi connectivity index (χ1n) is 5.26. The zero-order chi connectivity index (χ0) is 10.4. The Morgan fingerprint density at radius 1 is 1.57 bits per heavy atom. The molecule has 0 amide bonds. The van der Waals surface area contributed by atoms with E-state index in [4.69, 9.17) is 9.84 Å². The van der Waals surface area contributed by atoms with Crippen molar-refractivity contribution in [1.29, 1.82) is 0 Å². The van der Waals surface area contributed by atoms with Crippen LogP contribution in [0.5, 0.6) is 0 Å². The van der Waals surface area contributed by atoms with Crippen LogP contribution in [0.15, 0.2) is 0 Å². The van der Waals surface area contributed by atoms with Gasteiger partial charge in [0.1, 0.15) is 0 Å². The summed E-state index contributed by atoms with van der Waals surface area (Å²) in [6.07, 6.45) is 2.13. The number of aliphatic hydroxyl groups is 1. The maximum Gasteiger partial charge on any atom is 0.307 e. The molecule has 0 atom stereocenters. The van der Waals surface area contributed by atoms with Crippen molar-refractivity contribution in [1.82, 2.24) is 5.32 Å². The zero-order valence-corrected chi connectivity index (χ0v) is 8.66. The van der Waals surface area contributed by atoms with Crippen LogP contribution in [0.2, 0.25) is 0 Å². The second kappa shape index (κ2) is 5.98. The van der Waals surface area contributed by atoms with Gasteiger partial charge in [0.05, 0.1) is 19.1 Å². The molecule has 0 unspecified atom stereocenters. The Morgan fingerprint density at radius 2 is 2.29 bits per heavy atom. The van der Waals surface area contributed by atoms with Crippen molar-refractivity contribution in [3.8, 4) is 0 Å². The number of carbonyl (C=O) groups is 1. The minimum absolute atomic E-state index is 0.0909. The fourth-order valence-corrected chi connectivity index (χ4v) is 1.60. The molecule has 82 valence electrons. The van der Waals surface area contributed by atoms with E-state index in [1.807, 2.05) is 0 Å². The maximum atomic E-state index is 10.9. The molecule has 1 fully saturated rings. The molecule has 4 heteroatoms. The van der Waals surface area contributed by atoms with E-state index in [0.717, 1.165) is 19.4 Å². The monoisotopic (exact) mass is 201 g/mol. The molecule has 1 saturated carbocycles. The molecule has 0 heterocycles. The molecule has 0 spiro atoms. The summed E-state index contributed by atoms with van der Waals surface area (Å²) >= 11 is 0. The van der Waals surface area contributed by atoms with E-state index in [1.54, 1.807) is 6.92 Å². The highest BCUT2D eigenvalue weighted by Crippen LogP contribution is 2.25. The molecule has 0 radical (unpaired) electrons. The Labute approximate surface area is 84.6 Å². The van der Waals surface area contributed by atoms with Gasteiger partial charge in [-0.15, -0.1) is 0 Å². The van der Waals surface area contributed by atoms with Gasteiger partial charge in [-0.3, -0.25) is 4.79 Å². The number of nitrogens with one attached hydrogen (secondary N) is 1. The van der Waals surface area contributed by atoms with Crippen LogP contribution in [0.3, 0.4) is 0 Å². The Bertz CT molecular complexity index is 178. The number of rotatable bonds is 6. The molecule has 0 bridgehead atoms. The minimum atomic E-state index is -0.145. The van der Waals surface area contributed by atoms with Crippen molar-refractivity contribution in [3.63, 3.8) is 0 Å². The van der Waals surface area contributed by atoms with Gasteiger partial charge >= 0.3 is 5.97 Å². The third-order valence-corrected chi connectivity index (χ3v) is 2.46. The summed E-state index contributed by atoms with van der Waals surface area (Å²) in [5.41, 5.74) is 0. The summed E-state index contributed by atoms with van der Waals surface area (Å²) < 4.78 is 4.79. The molecule has 1 rings (SSSR count). The average Bonchev–Trinajstić information content (AvgIpc) is 2.09. The van der Waals surface area contributed by atoms with Gasteiger partial charge in [-0.2, -0.15) is 0 Å². The van der Waals surface area contributed by atoms with Crippen LogP contribution in [0.25, 0.3) is 0 Å². The molecule has 0 aromatic carbocycles. The van der Waals surface area contributed by atoms with E-state index in [1.165, 1.54) is 0 Å². The van der Waals surface area contributed by atoms with Crippen LogP contribution in [-0.2, 0) is 9.53 Å². The quantitative estimate of drug-likeness (QED) is 0.479. The van der Waals surface area contributed by atoms with Gasteiger partial charge < -0.3 is 15.2 Å². The van der Waals surface area contributed by atoms with E-state index >= 15 is 0 Å². The van der Waals surface area contributed by atoms with Gasteiger partial charge in [0.25, 0.3) is 0 Å². The standard InChI is InChI=1S/C10H19NO3/c1-2-14-10(13)3-4-11-7-8-5-9(12)6-8/h8-9,11-12H,2-7H2,1H3. The van der Waals surface area contributed by atoms with Gasteiger partial charge in [0, 0.05) is 6.54 Å². The van der Waals surface area contributed by atoms with Gasteiger partial charge in [0.15, 0.2) is 0 Å². The fraction of sp³-hybridized carbons (Fsp3) is 0.900. The van der Waals surface area contributed by atoms with Crippen LogP contribution >= 0.6 is 0 Å². The van der Waals surface area contributed by atoms with Crippen molar-refractivity contribution in [2.75, 3.05) is 19.7 Å². The third kappa shape index (κ3) is 4.07. The predicted octanol–water partition coefficient (Wildman–Crippen LogP) is 0.300. The first-order valence-corrected chi connectivity index (χ1v) is 5.26. The van der Waals surface area contributed by atoms with Gasteiger partial charge in [-0.25, -0.2) is 0 Å². The highest BCUT2D eigenvalue weighted by molar-refractivity contribution is 5.69. The Morgan fingerprint density at radius 3 is 2.86 bits per heavy atom. The first kappa shape index (κ1) is 11.5. The Balaban J connectivity index is 1.87. The number of carbonyl (C=O) groups excluding carboxylic acids is 1. The van der Waals surface area contributed by atoms with E-state index in [2.05, 4.69) is 5.32 Å². The summed E-state index contributed by atoms with van der Waals surface area (Å²) in [6, 6.07) is 0. The van der Waals surface area contributed by atoms with Crippen LogP contribution in [0.1, 0.15) is 26.2 Å². The molecule has 1 aliphatic carbocycles. The number of hydrogen-bond acceptors (Lipinski definition) is 4. The number of hydrogen-bond donors (Lipinski definition) is 2. The highest BCUT2D eigenvalue weighted by Gasteiger charge is 2.26. The Hall–Kier alpha value is -0.610. The summed E-state index contributed by atoms with van der Waals surface area (Å²) in [4.78, 5) is 10.9. The maximum absolute atomic E-state index is 10.9. The predicted molar refractivity (Wildman–Crippen MR) is 52.9 cm³/mol. The molecule has 14 heavy (non-hydrogen) atoms. The van der Waals surface area contributed by atoms with Crippen LogP contribution in [0, 0.1) is 5.92 Å². The molecule has 0 saturated heterocycles. The van der Waals surface area contributed by atoms with E-state index < -0.39 is 0 Å². The van der Waals surface area contributed by atoms with Gasteiger partial charge in [0.2, 0.25) is 0 Å². The van der Waals surface area contributed by atoms with Crippen LogP contribution in [-0.4, -0.2) is 36.9 Å². The summed E-state index contributed by atoms with van der Waals surface area (Å²) in [5, 5.41) is 12.2. The molecule has 1 aliphatic rings. The van der Waals surface area contributed by atoms with E-state index in [-0.39, 0.29) is 12.1 Å². The second-order valence-electron chi connectivity index (χ2n) is 3.75. The lowest BCUT2D eigenvalue weighted by Crippen LogP contribution is -2.36.